The number of carbonyl (C=O) groups excluding carboxylic acids is 3. The van der Waals surface area contributed by atoms with Gasteiger partial charge in [0, 0.05) is 0 Å². The molecule has 1 unspecified atom stereocenters. The van der Waals surface area contributed by atoms with Crippen molar-refractivity contribution in [3.05, 3.63) is 22.8 Å². The largest absolute Gasteiger partial charge is 0.384 e. The first kappa shape index (κ1) is 14.3. The van der Waals surface area contributed by atoms with Crippen LogP contribution in [0.2, 0.25) is 5.02 Å². The molecule has 1 aromatic heterocycles. The maximum atomic E-state index is 12.4. The molecule has 20 heavy (non-hydrogen) atoms. The van der Waals surface area contributed by atoms with E-state index in [-0.39, 0.29) is 23.1 Å². The number of nitrogens with zero attached hydrogens (tertiary/aromatic N) is 2. The van der Waals surface area contributed by atoms with Crippen LogP contribution >= 0.6 is 11.6 Å². The standard InChI is InChI=1S/C12H13ClN4O3/c1-2-7-11(19)16-9(18)5-17(7)12(20)10-6(13)3-4-8(14)15-10/h3-4,7H,2,5H2,1H3,(H2,14,15)(H,16,18,19). The Balaban J connectivity index is 2.37. The Morgan fingerprint density at radius 1 is 1.55 bits per heavy atom. The molecular formula is C12H13ClN4O3. The third-order valence-corrected chi connectivity index (χ3v) is 3.28. The van der Waals surface area contributed by atoms with E-state index in [9.17, 15) is 14.4 Å². The lowest BCUT2D eigenvalue weighted by molar-refractivity contribution is -0.138. The molecule has 1 aliphatic rings. The van der Waals surface area contributed by atoms with Gasteiger partial charge < -0.3 is 10.6 Å². The van der Waals surface area contributed by atoms with Gasteiger partial charge in [0.05, 0.1) is 5.02 Å². The van der Waals surface area contributed by atoms with E-state index < -0.39 is 23.8 Å². The lowest BCUT2D eigenvalue weighted by Gasteiger charge is -2.33. The first-order valence-electron chi connectivity index (χ1n) is 6.00. The molecule has 0 aromatic carbocycles. The predicted octanol–water partition coefficient (Wildman–Crippen LogP) is 0.194. The number of nitrogens with one attached hydrogen (secondary N) is 1. The zero-order chi connectivity index (χ0) is 14.9. The van der Waals surface area contributed by atoms with Gasteiger partial charge in [0.25, 0.3) is 5.91 Å². The van der Waals surface area contributed by atoms with Crippen LogP contribution in [0.5, 0.6) is 0 Å². The molecule has 1 atom stereocenters. The molecule has 0 saturated carbocycles. The number of aromatic nitrogens is 1. The summed E-state index contributed by atoms with van der Waals surface area (Å²) in [6.45, 7) is 1.53. The molecule has 1 aromatic rings. The summed E-state index contributed by atoms with van der Waals surface area (Å²) >= 11 is 5.92. The molecule has 1 aliphatic heterocycles. The summed E-state index contributed by atoms with van der Waals surface area (Å²) in [4.78, 5) is 40.6. The maximum absolute atomic E-state index is 12.4. The fraction of sp³-hybridized carbons (Fsp3) is 0.333. The number of hydrogen-bond donors (Lipinski definition) is 2. The number of rotatable bonds is 2. The monoisotopic (exact) mass is 296 g/mol. The lowest BCUT2D eigenvalue weighted by Crippen LogP contribution is -2.59. The van der Waals surface area contributed by atoms with Gasteiger partial charge in [-0.25, -0.2) is 4.98 Å². The van der Waals surface area contributed by atoms with Crippen molar-refractivity contribution in [1.29, 1.82) is 0 Å². The lowest BCUT2D eigenvalue weighted by atomic mass is 10.1. The van der Waals surface area contributed by atoms with Crippen molar-refractivity contribution >= 4 is 35.1 Å². The molecule has 106 valence electrons. The zero-order valence-corrected chi connectivity index (χ0v) is 11.5. The molecule has 3 N–H and O–H groups in total. The van der Waals surface area contributed by atoms with E-state index in [1.54, 1.807) is 6.92 Å². The molecule has 8 heteroatoms. The van der Waals surface area contributed by atoms with Gasteiger partial charge in [-0.15, -0.1) is 0 Å². The smallest absolute Gasteiger partial charge is 0.275 e. The van der Waals surface area contributed by atoms with Crippen LogP contribution in [0.25, 0.3) is 0 Å². The highest BCUT2D eigenvalue weighted by Gasteiger charge is 2.37. The van der Waals surface area contributed by atoms with E-state index >= 15 is 0 Å². The fourth-order valence-corrected chi connectivity index (χ4v) is 2.22. The highest BCUT2D eigenvalue weighted by molar-refractivity contribution is 6.33. The Morgan fingerprint density at radius 3 is 2.90 bits per heavy atom. The van der Waals surface area contributed by atoms with Crippen molar-refractivity contribution in [3.8, 4) is 0 Å². The number of pyridine rings is 1. The molecule has 0 spiro atoms. The summed E-state index contributed by atoms with van der Waals surface area (Å²) < 4.78 is 0. The second-order valence-corrected chi connectivity index (χ2v) is 4.74. The molecule has 2 heterocycles. The van der Waals surface area contributed by atoms with E-state index in [1.807, 2.05) is 0 Å². The van der Waals surface area contributed by atoms with Gasteiger partial charge in [0.2, 0.25) is 11.8 Å². The summed E-state index contributed by atoms with van der Waals surface area (Å²) in [6, 6.07) is 2.19. The van der Waals surface area contributed by atoms with Crippen molar-refractivity contribution in [3.63, 3.8) is 0 Å². The van der Waals surface area contributed by atoms with Crippen LogP contribution in [0.1, 0.15) is 23.8 Å². The number of amides is 3. The van der Waals surface area contributed by atoms with Gasteiger partial charge in [-0.1, -0.05) is 18.5 Å². The van der Waals surface area contributed by atoms with Crippen molar-refractivity contribution in [2.45, 2.75) is 19.4 Å². The topological polar surface area (TPSA) is 105 Å². The van der Waals surface area contributed by atoms with Gasteiger partial charge in [-0.05, 0) is 18.6 Å². The van der Waals surface area contributed by atoms with Crippen molar-refractivity contribution < 1.29 is 14.4 Å². The second kappa shape index (κ2) is 5.46. The fourth-order valence-electron chi connectivity index (χ4n) is 2.03. The van der Waals surface area contributed by atoms with E-state index in [1.165, 1.54) is 12.1 Å². The van der Waals surface area contributed by atoms with Crippen molar-refractivity contribution in [2.75, 3.05) is 12.3 Å². The van der Waals surface area contributed by atoms with E-state index in [0.717, 1.165) is 4.90 Å². The predicted molar refractivity (Wildman–Crippen MR) is 71.9 cm³/mol. The van der Waals surface area contributed by atoms with Crippen LogP contribution < -0.4 is 11.1 Å². The number of nitrogens with two attached hydrogens (primary N) is 1. The average Bonchev–Trinajstić information content (AvgIpc) is 2.40. The van der Waals surface area contributed by atoms with Crippen LogP contribution in [0.3, 0.4) is 0 Å². The number of hydrogen-bond acceptors (Lipinski definition) is 5. The molecule has 0 radical (unpaired) electrons. The molecular weight excluding hydrogens is 284 g/mol. The molecule has 7 nitrogen and oxygen atoms in total. The molecule has 0 bridgehead atoms. The number of imide groups is 1. The van der Waals surface area contributed by atoms with Crippen molar-refractivity contribution in [1.82, 2.24) is 15.2 Å². The number of piperazine rings is 1. The summed E-state index contributed by atoms with van der Waals surface area (Å²) in [5, 5.41) is 2.32. The number of anilines is 1. The zero-order valence-electron chi connectivity index (χ0n) is 10.7. The Labute approximate surface area is 120 Å². The van der Waals surface area contributed by atoms with Gasteiger partial charge in [0.1, 0.15) is 24.1 Å². The quantitative estimate of drug-likeness (QED) is 0.758. The average molecular weight is 297 g/mol. The van der Waals surface area contributed by atoms with Crippen LogP contribution in [0.15, 0.2) is 12.1 Å². The Hall–Kier alpha value is -2.15. The van der Waals surface area contributed by atoms with Crippen LogP contribution in [0.4, 0.5) is 5.82 Å². The van der Waals surface area contributed by atoms with Gasteiger partial charge in [-0.3, -0.25) is 19.7 Å². The Morgan fingerprint density at radius 2 is 2.25 bits per heavy atom. The number of nitrogen functional groups attached to an aromatic ring is 1. The minimum atomic E-state index is -0.723. The Kier molecular flexibility index (Phi) is 3.89. The summed E-state index contributed by atoms with van der Waals surface area (Å²) in [7, 11) is 0. The van der Waals surface area contributed by atoms with Gasteiger partial charge >= 0.3 is 0 Å². The highest BCUT2D eigenvalue weighted by atomic mass is 35.5. The van der Waals surface area contributed by atoms with E-state index in [2.05, 4.69) is 10.3 Å². The van der Waals surface area contributed by atoms with Gasteiger partial charge in [0.15, 0.2) is 0 Å². The molecule has 1 saturated heterocycles. The van der Waals surface area contributed by atoms with Crippen molar-refractivity contribution in [2.24, 2.45) is 0 Å². The molecule has 0 aliphatic carbocycles. The SMILES string of the molecule is CCC1C(=O)NC(=O)CN1C(=O)c1nc(N)ccc1Cl. The first-order chi connectivity index (χ1) is 9.43. The Bertz CT molecular complexity index is 590. The molecule has 1 fully saturated rings. The van der Waals surface area contributed by atoms with Gasteiger partial charge in [-0.2, -0.15) is 0 Å². The molecule has 2 rings (SSSR count). The summed E-state index contributed by atoms with van der Waals surface area (Å²) in [5.74, 6) is -1.49. The van der Waals surface area contributed by atoms with Crippen LogP contribution in [-0.2, 0) is 9.59 Å². The molecule has 3 amide bonds. The maximum Gasteiger partial charge on any atom is 0.275 e. The third kappa shape index (κ3) is 2.57. The first-order valence-corrected chi connectivity index (χ1v) is 6.38. The second-order valence-electron chi connectivity index (χ2n) is 4.34. The third-order valence-electron chi connectivity index (χ3n) is 2.97. The summed E-state index contributed by atoms with van der Waals surface area (Å²) in [5.41, 5.74) is 5.47. The number of halogens is 1. The summed E-state index contributed by atoms with van der Waals surface area (Å²) in [6.07, 6.45) is 0.380. The van der Waals surface area contributed by atoms with E-state index in [0.29, 0.717) is 6.42 Å². The number of carbonyl (C=O) groups is 3. The van der Waals surface area contributed by atoms with Crippen LogP contribution in [0, 0.1) is 0 Å². The highest BCUT2D eigenvalue weighted by Crippen LogP contribution is 2.20. The minimum absolute atomic E-state index is 0.0624. The minimum Gasteiger partial charge on any atom is -0.384 e. The van der Waals surface area contributed by atoms with E-state index in [4.69, 9.17) is 17.3 Å². The van der Waals surface area contributed by atoms with Crippen LogP contribution in [-0.4, -0.2) is 40.2 Å². The normalized spacial score (nSPS) is 18.9.